The lowest BCUT2D eigenvalue weighted by Crippen LogP contribution is -2.44. The van der Waals surface area contributed by atoms with E-state index in [1.807, 2.05) is 24.3 Å². The predicted molar refractivity (Wildman–Crippen MR) is 131 cm³/mol. The largest absolute Gasteiger partial charge is 0.497 e. The van der Waals surface area contributed by atoms with Gasteiger partial charge in [-0.1, -0.05) is 30.3 Å². The number of benzene rings is 3. The molecule has 0 fully saturated rings. The molecule has 1 aliphatic rings. The van der Waals surface area contributed by atoms with Gasteiger partial charge in [0.2, 0.25) is 5.91 Å². The summed E-state index contributed by atoms with van der Waals surface area (Å²) in [6.45, 7) is 1.95. The van der Waals surface area contributed by atoms with Gasteiger partial charge in [0, 0.05) is 24.7 Å². The number of anilines is 1. The van der Waals surface area contributed by atoms with Crippen molar-refractivity contribution in [3.63, 3.8) is 0 Å². The molecule has 4 rings (SSSR count). The monoisotopic (exact) mass is 495 g/mol. The maximum atomic E-state index is 13.7. The molecule has 0 bridgehead atoms. The minimum Gasteiger partial charge on any atom is -0.497 e. The Morgan fingerprint density at radius 2 is 1.77 bits per heavy atom. The third-order valence-electron chi connectivity index (χ3n) is 6.09. The summed E-state index contributed by atoms with van der Waals surface area (Å²) < 4.78 is 33.5. The number of ether oxygens (including phenoxy) is 1. The van der Waals surface area contributed by atoms with Gasteiger partial charge in [0.15, 0.2) is 0 Å². The minimum atomic E-state index is -4.30. The molecule has 0 saturated carbocycles. The van der Waals surface area contributed by atoms with Gasteiger partial charge in [0.25, 0.3) is 15.7 Å². The van der Waals surface area contributed by atoms with Crippen LogP contribution in [0.25, 0.3) is 0 Å². The molecular weight excluding hydrogens is 470 g/mol. The van der Waals surface area contributed by atoms with Crippen molar-refractivity contribution in [3.8, 4) is 5.75 Å². The molecular formula is C25H25N3O6S. The van der Waals surface area contributed by atoms with Crippen molar-refractivity contribution in [2.45, 2.75) is 24.8 Å². The van der Waals surface area contributed by atoms with Crippen molar-refractivity contribution in [1.29, 1.82) is 0 Å². The molecule has 0 aromatic heterocycles. The molecule has 35 heavy (non-hydrogen) atoms. The minimum absolute atomic E-state index is 0.250. The van der Waals surface area contributed by atoms with E-state index in [-0.39, 0.29) is 22.2 Å². The van der Waals surface area contributed by atoms with Crippen LogP contribution in [0.5, 0.6) is 5.75 Å². The number of nitro groups is 1. The highest BCUT2D eigenvalue weighted by Gasteiger charge is 2.31. The Morgan fingerprint density at radius 3 is 2.43 bits per heavy atom. The molecule has 0 atom stereocenters. The normalized spacial score (nSPS) is 13.1. The molecule has 0 aliphatic carbocycles. The van der Waals surface area contributed by atoms with Crippen LogP contribution in [0.1, 0.15) is 16.7 Å². The van der Waals surface area contributed by atoms with E-state index in [0.29, 0.717) is 30.8 Å². The summed E-state index contributed by atoms with van der Waals surface area (Å²) in [5, 5.41) is 11.4. The average molecular weight is 496 g/mol. The number of carbonyl (C=O) groups excluding carboxylic acids is 1. The molecule has 0 radical (unpaired) electrons. The van der Waals surface area contributed by atoms with Crippen LogP contribution in [0.2, 0.25) is 0 Å². The second kappa shape index (κ2) is 9.75. The number of hydrogen-bond donors (Lipinski definition) is 0. The first kappa shape index (κ1) is 24.2. The van der Waals surface area contributed by atoms with Crippen LogP contribution >= 0.6 is 0 Å². The summed E-state index contributed by atoms with van der Waals surface area (Å²) in [5.74, 6) is 0.163. The van der Waals surface area contributed by atoms with Crippen molar-refractivity contribution in [1.82, 2.24) is 4.90 Å². The molecule has 0 unspecified atom stereocenters. The Morgan fingerprint density at radius 1 is 1.09 bits per heavy atom. The van der Waals surface area contributed by atoms with Crippen LogP contribution in [0.4, 0.5) is 11.4 Å². The van der Waals surface area contributed by atoms with Gasteiger partial charge >= 0.3 is 0 Å². The summed E-state index contributed by atoms with van der Waals surface area (Å²) in [6, 6.07) is 17.8. The van der Waals surface area contributed by atoms with Crippen LogP contribution < -0.4 is 9.04 Å². The highest BCUT2D eigenvalue weighted by atomic mass is 32.2. The lowest BCUT2D eigenvalue weighted by molar-refractivity contribution is -0.385. The van der Waals surface area contributed by atoms with E-state index < -0.39 is 21.5 Å². The number of hydrogen-bond acceptors (Lipinski definition) is 6. The maximum Gasteiger partial charge on any atom is 0.273 e. The molecule has 0 saturated heterocycles. The number of amides is 1. The quantitative estimate of drug-likeness (QED) is 0.365. The fraction of sp³-hybridized carbons (Fsp3) is 0.240. The third kappa shape index (κ3) is 4.97. The second-order valence-corrected chi connectivity index (χ2v) is 10.1. The maximum absolute atomic E-state index is 13.7. The number of nitrogens with zero attached hydrogens (tertiary/aromatic N) is 3. The lowest BCUT2D eigenvalue weighted by atomic mass is 10.00. The number of carbonyl (C=O) groups is 1. The van der Waals surface area contributed by atoms with Gasteiger partial charge < -0.3 is 9.64 Å². The molecule has 0 N–H and O–H groups in total. The molecule has 10 heteroatoms. The molecule has 9 nitrogen and oxygen atoms in total. The summed E-state index contributed by atoms with van der Waals surface area (Å²) >= 11 is 0. The highest BCUT2D eigenvalue weighted by molar-refractivity contribution is 7.92. The van der Waals surface area contributed by atoms with Crippen molar-refractivity contribution in [2.75, 3.05) is 24.5 Å². The van der Waals surface area contributed by atoms with Gasteiger partial charge in [0.1, 0.15) is 12.3 Å². The first-order valence-corrected chi connectivity index (χ1v) is 12.4. The number of sulfonamides is 1. The average Bonchev–Trinajstić information content (AvgIpc) is 2.86. The van der Waals surface area contributed by atoms with Crippen LogP contribution in [0, 0.1) is 17.0 Å². The molecule has 1 amide bonds. The Balaban J connectivity index is 1.70. The first-order chi connectivity index (χ1) is 16.7. The SMILES string of the molecule is COc1ccc(N(CC(=O)N2CCc3ccccc3C2)S(=O)(=O)c2ccc(C)c([N+](=O)[O-])c2)cc1. The van der Waals surface area contributed by atoms with Crippen LogP contribution in [-0.4, -0.2) is 44.3 Å². The lowest BCUT2D eigenvalue weighted by Gasteiger charge is -2.31. The van der Waals surface area contributed by atoms with Gasteiger partial charge in [-0.3, -0.25) is 19.2 Å². The van der Waals surface area contributed by atoms with Crippen LogP contribution in [0.3, 0.4) is 0 Å². The zero-order valence-corrected chi connectivity index (χ0v) is 20.2. The van der Waals surface area contributed by atoms with Crippen LogP contribution in [0.15, 0.2) is 71.6 Å². The standard InChI is InChI=1S/C25H25N3O6S/c1-18-7-12-23(15-24(18)28(30)31)35(32,33)27(21-8-10-22(34-2)11-9-21)17-25(29)26-14-13-19-5-3-4-6-20(19)16-26/h3-12,15H,13-14,16-17H2,1-2H3. The Kier molecular flexibility index (Phi) is 6.74. The molecule has 1 heterocycles. The van der Waals surface area contributed by atoms with Gasteiger partial charge in [0.05, 0.1) is 22.6 Å². The second-order valence-electron chi connectivity index (χ2n) is 8.25. The zero-order valence-electron chi connectivity index (χ0n) is 19.4. The number of aryl methyl sites for hydroxylation is 1. The van der Waals surface area contributed by atoms with Gasteiger partial charge in [-0.15, -0.1) is 0 Å². The third-order valence-corrected chi connectivity index (χ3v) is 7.86. The number of methoxy groups -OCH3 is 1. The summed E-state index contributed by atoms with van der Waals surface area (Å²) in [4.78, 5) is 25.5. The fourth-order valence-corrected chi connectivity index (χ4v) is 5.50. The predicted octanol–water partition coefficient (Wildman–Crippen LogP) is 3.69. The van der Waals surface area contributed by atoms with E-state index in [4.69, 9.17) is 4.74 Å². The molecule has 1 aliphatic heterocycles. The van der Waals surface area contributed by atoms with E-state index in [9.17, 15) is 23.3 Å². The van der Waals surface area contributed by atoms with Gasteiger partial charge in [-0.05, 0) is 54.8 Å². The van der Waals surface area contributed by atoms with E-state index in [1.54, 1.807) is 17.0 Å². The number of nitro benzene ring substituents is 1. The highest BCUT2D eigenvalue weighted by Crippen LogP contribution is 2.29. The topological polar surface area (TPSA) is 110 Å². The molecule has 3 aromatic rings. The molecule has 182 valence electrons. The Bertz CT molecular complexity index is 1370. The molecule has 0 spiro atoms. The summed E-state index contributed by atoms with van der Waals surface area (Å²) in [5.41, 5.74) is 2.48. The fourth-order valence-electron chi connectivity index (χ4n) is 4.07. The van der Waals surface area contributed by atoms with Crippen molar-refractivity contribution < 1.29 is 22.9 Å². The zero-order chi connectivity index (χ0) is 25.2. The van der Waals surface area contributed by atoms with Crippen molar-refractivity contribution in [3.05, 3.63) is 93.5 Å². The van der Waals surface area contributed by atoms with E-state index in [2.05, 4.69) is 0 Å². The van der Waals surface area contributed by atoms with Crippen molar-refractivity contribution in [2.24, 2.45) is 0 Å². The number of rotatable bonds is 7. The smallest absolute Gasteiger partial charge is 0.273 e. The van der Waals surface area contributed by atoms with E-state index in [1.165, 1.54) is 43.9 Å². The first-order valence-electron chi connectivity index (χ1n) is 11.0. The van der Waals surface area contributed by atoms with Crippen LogP contribution in [-0.2, 0) is 27.8 Å². The van der Waals surface area contributed by atoms with Crippen molar-refractivity contribution >= 4 is 27.3 Å². The van der Waals surface area contributed by atoms with Gasteiger partial charge in [-0.2, -0.15) is 0 Å². The van der Waals surface area contributed by atoms with E-state index >= 15 is 0 Å². The summed E-state index contributed by atoms with van der Waals surface area (Å²) in [7, 11) is -2.81. The van der Waals surface area contributed by atoms with E-state index in [0.717, 1.165) is 15.9 Å². The Hall–Kier alpha value is -3.92. The summed E-state index contributed by atoms with van der Waals surface area (Å²) in [6.07, 6.45) is 0.682. The molecule has 3 aromatic carbocycles. The number of fused-ring (bicyclic) bond motifs is 1. The Labute approximate surface area is 203 Å². The van der Waals surface area contributed by atoms with Gasteiger partial charge in [-0.25, -0.2) is 8.42 Å².